The van der Waals surface area contributed by atoms with Crippen molar-refractivity contribution in [3.05, 3.63) is 123 Å². The first-order chi connectivity index (χ1) is 57.9. The van der Waals surface area contributed by atoms with Gasteiger partial charge in [-0.25, -0.2) is 38.4 Å². The van der Waals surface area contributed by atoms with Gasteiger partial charge in [0.1, 0.15) is 44.8 Å². The largest absolute Gasteiger partial charge is 0.456 e. The van der Waals surface area contributed by atoms with Crippen LogP contribution >= 0.6 is 0 Å². The lowest BCUT2D eigenvalue weighted by Crippen LogP contribution is -2.62. The molecule has 0 heterocycles. The van der Waals surface area contributed by atoms with Crippen molar-refractivity contribution in [2.75, 3.05) is 0 Å². The normalized spacial score (nSPS) is 30.9. The van der Waals surface area contributed by atoms with Crippen molar-refractivity contribution < 1.29 is 76.3 Å². The molecule has 0 N–H and O–H groups in total. The van der Waals surface area contributed by atoms with Gasteiger partial charge >= 0.3 is 47.8 Å². The van der Waals surface area contributed by atoms with E-state index in [9.17, 15) is 38.4 Å². The van der Waals surface area contributed by atoms with Crippen LogP contribution in [0.1, 0.15) is 369 Å². The van der Waals surface area contributed by atoms with Gasteiger partial charge in [0.15, 0.2) is 0 Å². The number of hydrogen-bond donors (Lipinski definition) is 0. The molecule has 17 saturated carbocycles. The van der Waals surface area contributed by atoms with Gasteiger partial charge < -0.3 is 37.9 Å². The van der Waals surface area contributed by atoms with Crippen LogP contribution in [-0.2, 0) is 76.3 Å². The van der Waals surface area contributed by atoms with Crippen molar-refractivity contribution >= 4 is 47.8 Å². The summed E-state index contributed by atoms with van der Waals surface area (Å²) < 4.78 is 45.6. The fraction of sp³-hybridized carbons (Fsp3) is 0.741. The van der Waals surface area contributed by atoms with Crippen molar-refractivity contribution in [3.63, 3.8) is 0 Å². The molecule has 0 amide bonds. The first-order valence-electron chi connectivity index (χ1n) is 48.3. The third-order valence-corrected chi connectivity index (χ3v) is 31.9. The summed E-state index contributed by atoms with van der Waals surface area (Å²) in [6.07, 6.45) is 46.3. The van der Waals surface area contributed by atoms with Crippen LogP contribution in [0.25, 0.3) is 0 Å². The molecular formula is C108H168O16. The van der Waals surface area contributed by atoms with Gasteiger partial charge in [0.2, 0.25) is 0 Å². The standard InChI is InChI=1S/C18H28O2.C17H26O2.C16H22O2.C13H22O2.C12H20O2.C11H18O2.C11H16O2.C10H16O2/c1-5-12(4)18(20-17(19)11(2)3)15-7-13-6-14(9-15)10-16(18)8-13;1-10(2)16(18)19-17(11(3)4)14-6-12-5-13(8-14)9-15(17)7-12;1-4-16(18-15(17)10(2)3)13-6-11-5-12(8-13)9-14(16)7-11;1-10(2)11(14)15-13(12(3,4)5)8-6-7-9-13;1-9(2)11(13)14-12(10(3)4)7-5-6-8-12;2*1-4-11(7-5-6-8-11)13-10(12)9(2)3;1-8(2)9(11)12-10(3)6-4-5-7-10/h12-16H,2,5-10H2,1,3-4H3;11-15H,1,5-9H2,2-4H3;4,11-14H,1-2,5-9H2,3H3;1,6-9H2,2-5H3;10H,1,5-8H2,2-4H3;2,4-8H2,1,3H3;4H,1-2,5-8H2,3H3;1,4-7H2,2-3H3. The van der Waals surface area contributed by atoms with Crippen LogP contribution in [0.2, 0.25) is 0 Å². The number of hydrogen-bond acceptors (Lipinski definition) is 16. The van der Waals surface area contributed by atoms with Crippen LogP contribution in [-0.4, -0.2) is 92.6 Å². The van der Waals surface area contributed by atoms with Gasteiger partial charge in [-0.2, -0.15) is 0 Å². The lowest BCUT2D eigenvalue weighted by Gasteiger charge is -2.62. The fourth-order valence-corrected chi connectivity index (χ4v) is 24.9. The molecule has 1 atom stereocenters. The molecule has 16 heteroatoms. The predicted octanol–water partition coefficient (Wildman–Crippen LogP) is 26.2. The topological polar surface area (TPSA) is 210 Å². The number of carbonyl (C=O) groups excluding carboxylic acids is 8. The van der Waals surface area contributed by atoms with Gasteiger partial charge in [0.05, 0.1) is 0 Å². The zero-order chi connectivity index (χ0) is 92.6. The second-order valence-electron chi connectivity index (χ2n) is 43.3. The first-order valence-corrected chi connectivity index (χ1v) is 48.3. The molecule has 0 aromatic heterocycles. The van der Waals surface area contributed by atoms with Crippen LogP contribution < -0.4 is 0 Å². The maximum absolute atomic E-state index is 12.2. The molecule has 17 aliphatic rings. The van der Waals surface area contributed by atoms with E-state index in [4.69, 9.17) is 37.9 Å². The van der Waals surface area contributed by atoms with Crippen LogP contribution in [0.4, 0.5) is 0 Å². The van der Waals surface area contributed by atoms with Crippen LogP contribution in [0.5, 0.6) is 0 Å². The third-order valence-electron chi connectivity index (χ3n) is 31.9. The Labute approximate surface area is 750 Å². The average Bonchev–Trinajstić information content (AvgIpc) is 0.776. The highest BCUT2D eigenvalue weighted by Crippen LogP contribution is 2.65. The number of rotatable bonds is 23. The number of carbonyl (C=O) groups is 8. The smallest absolute Gasteiger partial charge is 0.333 e. The molecule has 16 nitrogen and oxygen atoms in total. The lowest BCUT2D eigenvalue weighted by molar-refractivity contribution is -0.224. The molecule has 17 fully saturated rings. The molecule has 1 unspecified atom stereocenters. The fourth-order valence-electron chi connectivity index (χ4n) is 24.9. The first kappa shape index (κ1) is 104. The van der Waals surface area contributed by atoms with Crippen LogP contribution in [0, 0.1) is 94.2 Å². The maximum atomic E-state index is 12.2. The van der Waals surface area contributed by atoms with Crippen LogP contribution in [0.3, 0.4) is 0 Å². The van der Waals surface area contributed by atoms with Gasteiger partial charge in [-0.3, -0.25) is 0 Å². The Morgan fingerprint density at radius 1 is 0.331 bits per heavy atom. The predicted molar refractivity (Wildman–Crippen MR) is 498 cm³/mol. The van der Waals surface area contributed by atoms with Gasteiger partial charge in [-0.05, 0) is 389 Å². The molecule has 0 aliphatic heterocycles. The Balaban J connectivity index is 0.000000196. The highest BCUT2D eigenvalue weighted by Gasteiger charge is 2.64. The Bertz CT molecular complexity index is 3760. The van der Waals surface area contributed by atoms with Gasteiger partial charge in [0.25, 0.3) is 0 Å². The molecule has 0 radical (unpaired) electrons. The summed E-state index contributed by atoms with van der Waals surface area (Å²) in [6.45, 7) is 74.3. The van der Waals surface area contributed by atoms with Crippen molar-refractivity contribution in [3.8, 4) is 0 Å². The SMILES string of the molecule is C=C(C)C(=O)OC1(C(C)(C)C)CCCC1.C=C(C)C(=O)OC1(C(C)C)C2CC3CC(C2)CC1C3.C=C(C)C(=O)OC1(C(C)C)CCCC1.C=C(C)C(=O)OC1(C(C)CC)C2CC3CC(C2)CC1C3.C=C(C)C(=O)OC1(C)CCCC1.C=C(C)C(=O)OC1(CC)CCCC1.C=CC1(OC(=O)C(=C)C)C2CC3CC(C2)CC1C3.C=CC1(OC(=O)C(=C)C)CCCC1. The van der Waals surface area contributed by atoms with E-state index in [0.29, 0.717) is 97.8 Å². The molecule has 0 saturated heterocycles. The van der Waals surface area contributed by atoms with E-state index < -0.39 is 11.2 Å². The molecule has 124 heavy (non-hydrogen) atoms. The molecular weight excluding hydrogens is 1550 g/mol. The molecule has 0 spiro atoms. The number of ether oxygens (including phenoxy) is 8. The minimum Gasteiger partial charge on any atom is -0.456 e. The zero-order valence-electron chi connectivity index (χ0n) is 81.1. The summed E-state index contributed by atoms with van der Waals surface area (Å²) in [4.78, 5) is 93.2. The third kappa shape index (κ3) is 25.2. The van der Waals surface area contributed by atoms with Crippen molar-refractivity contribution in [1.29, 1.82) is 0 Å². The average molecular weight is 1720 g/mol. The van der Waals surface area contributed by atoms with E-state index in [1.54, 1.807) is 61.5 Å². The zero-order valence-corrected chi connectivity index (χ0v) is 81.1. The van der Waals surface area contributed by atoms with Crippen molar-refractivity contribution in [2.24, 2.45) is 94.2 Å². The lowest BCUT2D eigenvalue weighted by atomic mass is 9.47. The summed E-state index contributed by atoms with van der Waals surface area (Å²) in [5, 5.41) is 0. The molecule has 17 aliphatic carbocycles. The Kier molecular flexibility index (Phi) is 37.0. The Morgan fingerprint density at radius 2 is 0.621 bits per heavy atom. The van der Waals surface area contributed by atoms with Gasteiger partial charge in [-0.1, -0.05) is 135 Å². The van der Waals surface area contributed by atoms with E-state index in [2.05, 4.69) is 135 Å². The second-order valence-corrected chi connectivity index (χ2v) is 43.3. The van der Waals surface area contributed by atoms with E-state index in [-0.39, 0.29) is 86.8 Å². The summed E-state index contributed by atoms with van der Waals surface area (Å²) in [5.41, 5.74) is 1.93. The van der Waals surface area contributed by atoms with Gasteiger partial charge in [-0.15, -0.1) is 0 Å². The summed E-state index contributed by atoms with van der Waals surface area (Å²) in [6, 6.07) is 0. The van der Waals surface area contributed by atoms with E-state index >= 15 is 0 Å². The van der Waals surface area contributed by atoms with Crippen LogP contribution in [0.15, 0.2) is 123 Å². The second kappa shape index (κ2) is 44.0. The van der Waals surface area contributed by atoms with E-state index in [1.165, 1.54) is 135 Å². The summed E-state index contributed by atoms with van der Waals surface area (Å²) >= 11 is 0. The molecule has 696 valence electrons. The molecule has 12 bridgehead atoms. The monoisotopic (exact) mass is 1720 g/mol. The Hall–Kier alpha value is -6.84. The van der Waals surface area contributed by atoms with Crippen molar-refractivity contribution in [2.45, 2.75) is 414 Å². The highest BCUT2D eigenvalue weighted by molar-refractivity contribution is 5.90. The maximum Gasteiger partial charge on any atom is 0.333 e. The summed E-state index contributed by atoms with van der Waals surface area (Å²) in [5.74, 6) is 8.09. The molecule has 0 aromatic carbocycles. The minimum atomic E-state index is -0.407. The Morgan fingerprint density at radius 3 is 0.952 bits per heavy atom. The highest BCUT2D eigenvalue weighted by atomic mass is 16.6. The van der Waals surface area contributed by atoms with E-state index in [1.807, 2.05) is 13.0 Å². The summed E-state index contributed by atoms with van der Waals surface area (Å²) in [7, 11) is 0. The number of esters is 8. The molecule has 17 rings (SSSR count). The van der Waals surface area contributed by atoms with Crippen molar-refractivity contribution in [1.82, 2.24) is 0 Å². The minimum absolute atomic E-state index is 0.00854. The quantitative estimate of drug-likeness (QED) is 0.0403. The molecule has 0 aromatic rings. The van der Waals surface area contributed by atoms with Gasteiger partial charge in [0, 0.05) is 61.8 Å². The van der Waals surface area contributed by atoms with E-state index in [0.717, 1.165) is 138 Å².